The van der Waals surface area contributed by atoms with E-state index < -0.39 is 23.4 Å². The lowest BCUT2D eigenvalue weighted by atomic mass is 10.2. The quantitative estimate of drug-likeness (QED) is 0.524. The molecule has 0 saturated carbocycles. The van der Waals surface area contributed by atoms with Gasteiger partial charge in [0.25, 0.3) is 0 Å². The molecule has 1 heterocycles. The van der Waals surface area contributed by atoms with Gasteiger partial charge in [-0.25, -0.2) is 15.0 Å². The molecule has 0 saturated heterocycles. The zero-order chi connectivity index (χ0) is 25.1. The smallest absolute Gasteiger partial charge is 0.434 e. The zero-order valence-corrected chi connectivity index (χ0v) is 20.7. The van der Waals surface area contributed by atoms with Crippen LogP contribution >= 0.6 is 0 Å². The summed E-state index contributed by atoms with van der Waals surface area (Å²) in [5.74, 6) is 0.776. The van der Waals surface area contributed by atoms with Gasteiger partial charge in [-0.15, -0.1) is 0 Å². The van der Waals surface area contributed by atoms with Crippen LogP contribution in [0.1, 0.15) is 47.1 Å². The van der Waals surface area contributed by atoms with E-state index in [9.17, 15) is 9.59 Å². The molecule has 0 aliphatic rings. The molecule has 2 aromatic carbocycles. The third kappa shape index (κ3) is 6.63. The molecular formula is C25H32N4O5. The average Bonchev–Trinajstić information content (AvgIpc) is 3.12. The molecule has 34 heavy (non-hydrogen) atoms. The highest BCUT2D eigenvalue weighted by Gasteiger charge is 2.27. The number of hydrogen-bond acceptors (Lipinski definition) is 6. The van der Waals surface area contributed by atoms with Crippen LogP contribution in [0.3, 0.4) is 0 Å². The third-order valence-electron chi connectivity index (χ3n) is 4.56. The van der Waals surface area contributed by atoms with Crippen molar-refractivity contribution in [3.05, 3.63) is 54.2 Å². The molecule has 0 atom stereocenters. The number of amides is 2. The first kappa shape index (κ1) is 24.9. The second-order valence-electron chi connectivity index (χ2n) is 9.82. The molecule has 9 nitrogen and oxygen atoms in total. The molecule has 3 rings (SSSR count). The highest BCUT2D eigenvalue weighted by molar-refractivity contribution is 5.93. The predicted octanol–water partition coefficient (Wildman–Crippen LogP) is 5.27. The number of anilines is 1. The van der Waals surface area contributed by atoms with Crippen LogP contribution in [0, 0.1) is 0 Å². The van der Waals surface area contributed by atoms with Gasteiger partial charge in [0.15, 0.2) is 0 Å². The molecule has 0 unspecified atom stereocenters. The Labute approximate surface area is 199 Å². The minimum atomic E-state index is -0.773. The summed E-state index contributed by atoms with van der Waals surface area (Å²) < 4.78 is 17.9. The number of nitrogens with zero attached hydrogens (tertiary/aromatic N) is 3. The van der Waals surface area contributed by atoms with Gasteiger partial charge in [-0.3, -0.25) is 4.68 Å². The van der Waals surface area contributed by atoms with Gasteiger partial charge in [-0.2, -0.15) is 10.1 Å². The lowest BCUT2D eigenvalue weighted by Gasteiger charge is -2.28. The number of benzene rings is 2. The van der Waals surface area contributed by atoms with Crippen LogP contribution in [-0.2, 0) is 16.0 Å². The fraction of sp³-hybridized carbons (Fsp3) is 0.400. The van der Waals surface area contributed by atoms with Crippen LogP contribution in [0.5, 0.6) is 5.75 Å². The Morgan fingerprint density at radius 2 is 1.62 bits per heavy atom. The summed E-state index contributed by atoms with van der Waals surface area (Å²) in [6.07, 6.45) is 0.242. The number of fused-ring (bicyclic) bond motifs is 1. The molecule has 1 N–H and O–H groups in total. The van der Waals surface area contributed by atoms with Crippen LogP contribution in [0.4, 0.5) is 15.3 Å². The monoisotopic (exact) mass is 468 g/mol. The van der Waals surface area contributed by atoms with Crippen molar-refractivity contribution in [3.63, 3.8) is 0 Å². The fourth-order valence-electron chi connectivity index (χ4n) is 3.14. The van der Waals surface area contributed by atoms with Gasteiger partial charge in [-0.05, 0) is 77.4 Å². The molecule has 1 aromatic heterocycles. The third-order valence-corrected chi connectivity index (χ3v) is 4.56. The Bertz CT molecular complexity index is 1160. The number of hydrogen-bond donors (Lipinski definition) is 1. The number of carbonyl (C=O) groups is 2. The maximum absolute atomic E-state index is 13.0. The van der Waals surface area contributed by atoms with Crippen LogP contribution in [-0.4, -0.2) is 40.3 Å². The molecule has 0 fully saturated rings. The summed E-state index contributed by atoms with van der Waals surface area (Å²) in [5.41, 5.74) is 3.24. The Balaban J connectivity index is 1.94. The molecule has 0 aliphatic carbocycles. The standard InChI is InChI=1S/C25H32N4O5/c1-24(2,3)33-22(30)27-29(23(31)34-25(4,5)6)19-11-10-18-15-26-28(21(18)14-19)16-17-8-12-20(32-7)13-9-17/h8-15H,16H2,1-7H3,(H,27,30). The first-order valence-corrected chi connectivity index (χ1v) is 11.0. The SMILES string of the molecule is COc1ccc(Cn2ncc3ccc(N(NC(=O)OC(C)(C)C)C(=O)OC(C)(C)C)cc32)cc1. The van der Waals surface area contributed by atoms with E-state index in [4.69, 9.17) is 14.2 Å². The van der Waals surface area contributed by atoms with E-state index in [-0.39, 0.29) is 0 Å². The lowest BCUT2D eigenvalue weighted by molar-refractivity contribution is 0.0425. The number of ether oxygens (including phenoxy) is 3. The van der Waals surface area contributed by atoms with Crippen molar-refractivity contribution in [1.29, 1.82) is 0 Å². The normalized spacial score (nSPS) is 11.7. The highest BCUT2D eigenvalue weighted by atomic mass is 16.6. The lowest BCUT2D eigenvalue weighted by Crippen LogP contribution is -2.50. The van der Waals surface area contributed by atoms with E-state index in [1.165, 1.54) is 0 Å². The van der Waals surface area contributed by atoms with Crippen molar-refractivity contribution in [3.8, 4) is 5.75 Å². The van der Waals surface area contributed by atoms with Gasteiger partial charge in [0.1, 0.15) is 17.0 Å². The Kier molecular flexibility index (Phi) is 7.04. The van der Waals surface area contributed by atoms with Gasteiger partial charge in [0.05, 0.1) is 31.1 Å². The molecular weight excluding hydrogens is 436 g/mol. The van der Waals surface area contributed by atoms with E-state index in [0.29, 0.717) is 12.2 Å². The zero-order valence-electron chi connectivity index (χ0n) is 20.7. The first-order valence-electron chi connectivity index (χ1n) is 11.0. The highest BCUT2D eigenvalue weighted by Crippen LogP contribution is 2.24. The number of aromatic nitrogens is 2. The molecule has 9 heteroatoms. The fourth-order valence-corrected chi connectivity index (χ4v) is 3.14. The van der Waals surface area contributed by atoms with Crippen LogP contribution in [0.2, 0.25) is 0 Å². The maximum Gasteiger partial charge on any atom is 0.434 e. The number of rotatable bonds is 4. The first-order chi connectivity index (χ1) is 15.8. The molecule has 0 aliphatic heterocycles. The summed E-state index contributed by atoms with van der Waals surface area (Å²) in [4.78, 5) is 25.4. The van der Waals surface area contributed by atoms with E-state index >= 15 is 0 Å². The van der Waals surface area contributed by atoms with Gasteiger partial charge >= 0.3 is 12.2 Å². The van der Waals surface area contributed by atoms with Crippen LogP contribution in [0.15, 0.2) is 48.7 Å². The Morgan fingerprint density at radius 1 is 0.971 bits per heavy atom. The predicted molar refractivity (Wildman–Crippen MR) is 130 cm³/mol. The molecule has 0 bridgehead atoms. The van der Waals surface area contributed by atoms with E-state index in [2.05, 4.69) is 10.5 Å². The summed E-state index contributed by atoms with van der Waals surface area (Å²) in [5, 5.41) is 6.42. The van der Waals surface area contributed by atoms with Crippen LogP contribution in [0.25, 0.3) is 10.9 Å². The number of hydrazine groups is 1. The van der Waals surface area contributed by atoms with Crippen molar-refractivity contribution in [1.82, 2.24) is 15.2 Å². The van der Waals surface area contributed by atoms with Crippen molar-refractivity contribution in [2.24, 2.45) is 0 Å². The molecule has 3 aromatic rings. The second kappa shape index (κ2) is 9.62. The average molecular weight is 469 g/mol. The second-order valence-corrected chi connectivity index (χ2v) is 9.82. The molecule has 182 valence electrons. The summed E-state index contributed by atoms with van der Waals surface area (Å²) in [6.45, 7) is 11.0. The van der Waals surface area contributed by atoms with E-state index in [1.807, 2.05) is 35.0 Å². The number of nitrogens with one attached hydrogen (secondary N) is 1. The molecule has 0 spiro atoms. The minimum Gasteiger partial charge on any atom is -0.497 e. The van der Waals surface area contributed by atoms with Gasteiger partial charge in [0, 0.05) is 5.39 Å². The van der Waals surface area contributed by atoms with Crippen molar-refractivity contribution < 1.29 is 23.8 Å². The summed E-state index contributed by atoms with van der Waals surface area (Å²) >= 11 is 0. The van der Waals surface area contributed by atoms with E-state index in [1.54, 1.807) is 67.0 Å². The Morgan fingerprint density at radius 3 is 2.21 bits per heavy atom. The van der Waals surface area contributed by atoms with E-state index in [0.717, 1.165) is 27.2 Å². The Hall–Kier alpha value is -3.75. The van der Waals surface area contributed by atoms with Gasteiger partial charge in [0.2, 0.25) is 0 Å². The maximum atomic E-state index is 13.0. The minimum absolute atomic E-state index is 0.407. The largest absolute Gasteiger partial charge is 0.497 e. The van der Waals surface area contributed by atoms with Gasteiger partial charge < -0.3 is 14.2 Å². The van der Waals surface area contributed by atoms with Crippen molar-refractivity contribution in [2.75, 3.05) is 12.1 Å². The van der Waals surface area contributed by atoms with Crippen molar-refractivity contribution in [2.45, 2.75) is 59.3 Å². The van der Waals surface area contributed by atoms with Crippen LogP contribution < -0.4 is 15.2 Å². The van der Waals surface area contributed by atoms with Gasteiger partial charge in [-0.1, -0.05) is 12.1 Å². The number of carbonyl (C=O) groups excluding carboxylic acids is 2. The molecule has 2 amide bonds. The number of methoxy groups -OCH3 is 1. The summed E-state index contributed by atoms with van der Waals surface area (Å²) in [6, 6.07) is 13.0. The molecule has 0 radical (unpaired) electrons. The topological polar surface area (TPSA) is 94.9 Å². The van der Waals surface area contributed by atoms with Crippen molar-refractivity contribution >= 4 is 28.8 Å². The summed E-state index contributed by atoms with van der Waals surface area (Å²) in [7, 11) is 1.62.